The van der Waals surface area contributed by atoms with Gasteiger partial charge in [0.05, 0.1) is 22.2 Å². The van der Waals surface area contributed by atoms with Gasteiger partial charge >= 0.3 is 0 Å². The van der Waals surface area contributed by atoms with E-state index in [1.54, 1.807) is 31.4 Å². The Morgan fingerprint density at radius 1 is 0.897 bits per heavy atom. The van der Waals surface area contributed by atoms with E-state index in [0.29, 0.717) is 40.4 Å². The van der Waals surface area contributed by atoms with E-state index in [1.165, 1.54) is 0 Å². The fourth-order valence-corrected chi connectivity index (χ4v) is 3.66. The Balaban J connectivity index is 1.74. The number of hydrogen-bond acceptors (Lipinski definition) is 4. The average molecular weight is 473 g/mol. The molecule has 0 unspecified atom stereocenters. The van der Waals surface area contributed by atoms with Gasteiger partial charge in [0, 0.05) is 17.3 Å². The third kappa shape index (κ3) is 5.55. The maximum Gasteiger partial charge on any atom is 0.180 e. The molecule has 0 bridgehead atoms. The molecule has 0 heterocycles. The minimum Gasteiger partial charge on any atom is -0.505 e. The van der Waals surface area contributed by atoms with E-state index in [9.17, 15) is 5.11 Å². The number of phenols is 1. The van der Waals surface area contributed by atoms with Crippen LogP contribution in [0.1, 0.15) is 11.1 Å². The van der Waals surface area contributed by atoms with Crippen LogP contribution >= 0.6 is 46.4 Å². The predicted molar refractivity (Wildman–Crippen MR) is 119 cm³/mol. The first-order valence-corrected chi connectivity index (χ1v) is 10.0. The molecule has 0 fully saturated rings. The van der Waals surface area contributed by atoms with Gasteiger partial charge in [0.25, 0.3) is 0 Å². The Morgan fingerprint density at radius 3 is 2.28 bits per heavy atom. The van der Waals surface area contributed by atoms with Crippen LogP contribution in [0.15, 0.2) is 48.5 Å². The van der Waals surface area contributed by atoms with Crippen LogP contribution in [0.4, 0.5) is 5.69 Å². The van der Waals surface area contributed by atoms with Crippen LogP contribution in [0.5, 0.6) is 17.2 Å². The van der Waals surface area contributed by atoms with Crippen molar-refractivity contribution < 1.29 is 14.6 Å². The van der Waals surface area contributed by atoms with Gasteiger partial charge < -0.3 is 19.9 Å². The third-order valence-corrected chi connectivity index (χ3v) is 5.17. The van der Waals surface area contributed by atoms with Crippen molar-refractivity contribution in [3.63, 3.8) is 0 Å². The van der Waals surface area contributed by atoms with Crippen LogP contribution in [0.3, 0.4) is 0 Å². The number of anilines is 1. The number of phenolic OH excluding ortho intramolecular Hbond substituents is 1. The summed E-state index contributed by atoms with van der Waals surface area (Å²) in [4.78, 5) is 0. The predicted octanol–water partition coefficient (Wildman–Crippen LogP) is 7.21. The number of benzene rings is 3. The molecule has 0 saturated heterocycles. The Kier molecular flexibility index (Phi) is 7.25. The Hall–Kier alpha value is -1.98. The van der Waals surface area contributed by atoms with E-state index in [2.05, 4.69) is 5.32 Å². The van der Waals surface area contributed by atoms with Gasteiger partial charge in [-0.1, -0.05) is 58.5 Å². The third-order valence-electron chi connectivity index (χ3n) is 4.07. The molecule has 3 aromatic carbocycles. The highest BCUT2D eigenvalue weighted by Crippen LogP contribution is 2.38. The van der Waals surface area contributed by atoms with E-state index < -0.39 is 0 Å². The average Bonchev–Trinajstić information content (AvgIpc) is 2.69. The van der Waals surface area contributed by atoms with Gasteiger partial charge in [-0.2, -0.15) is 0 Å². The van der Waals surface area contributed by atoms with Gasteiger partial charge in [0.15, 0.2) is 17.2 Å². The topological polar surface area (TPSA) is 50.7 Å². The first-order valence-electron chi connectivity index (χ1n) is 8.53. The number of rotatable bonds is 7. The second-order valence-corrected chi connectivity index (χ2v) is 7.83. The molecule has 0 aromatic heterocycles. The highest BCUT2D eigenvalue weighted by Gasteiger charge is 2.13. The Labute approximate surface area is 188 Å². The lowest BCUT2D eigenvalue weighted by Crippen LogP contribution is -2.03. The molecule has 152 valence electrons. The van der Waals surface area contributed by atoms with Crippen LogP contribution in [0.2, 0.25) is 20.1 Å². The number of aromatic hydroxyl groups is 1. The second kappa shape index (κ2) is 9.68. The SMILES string of the molecule is COc1cc(CNc2cc(Cl)c(O)c(Cl)c2)cc(Cl)c1OCc1cccc(Cl)c1. The molecule has 0 amide bonds. The van der Waals surface area contributed by atoms with Crippen LogP contribution in [-0.2, 0) is 13.2 Å². The summed E-state index contributed by atoms with van der Waals surface area (Å²) in [5.74, 6) is 0.816. The van der Waals surface area contributed by atoms with Gasteiger partial charge in [-0.15, -0.1) is 0 Å². The summed E-state index contributed by atoms with van der Waals surface area (Å²) in [5.41, 5.74) is 2.44. The zero-order valence-corrected chi connectivity index (χ0v) is 18.3. The monoisotopic (exact) mass is 471 g/mol. The van der Waals surface area contributed by atoms with Gasteiger partial charge in [-0.05, 0) is 47.5 Å². The maximum absolute atomic E-state index is 9.65. The number of hydrogen-bond donors (Lipinski definition) is 2. The molecular weight excluding hydrogens is 456 g/mol. The standard InChI is InChI=1S/C21H17Cl4NO3/c1-28-19-7-13(10-26-15-8-16(23)20(27)17(24)9-15)6-18(25)21(19)29-11-12-3-2-4-14(22)5-12/h2-9,26-27H,10-11H2,1H3. The molecule has 0 atom stereocenters. The molecule has 0 aliphatic rings. The molecule has 0 spiro atoms. The van der Waals surface area contributed by atoms with Gasteiger partial charge in [-0.25, -0.2) is 0 Å². The Bertz CT molecular complexity index is 1000. The number of methoxy groups -OCH3 is 1. The van der Waals surface area contributed by atoms with E-state index in [-0.39, 0.29) is 15.8 Å². The fraction of sp³-hybridized carbons (Fsp3) is 0.143. The molecule has 8 heteroatoms. The van der Waals surface area contributed by atoms with E-state index in [1.807, 2.05) is 24.3 Å². The molecule has 0 aliphatic carbocycles. The number of ether oxygens (including phenoxy) is 2. The summed E-state index contributed by atoms with van der Waals surface area (Å²) in [5, 5.41) is 14.2. The highest BCUT2D eigenvalue weighted by atomic mass is 35.5. The van der Waals surface area contributed by atoms with Crippen LogP contribution < -0.4 is 14.8 Å². The summed E-state index contributed by atoms with van der Waals surface area (Å²) >= 11 is 24.3. The molecule has 2 N–H and O–H groups in total. The summed E-state index contributed by atoms with van der Waals surface area (Å²) in [6.07, 6.45) is 0. The molecule has 0 saturated carbocycles. The highest BCUT2D eigenvalue weighted by molar-refractivity contribution is 6.37. The lowest BCUT2D eigenvalue weighted by atomic mass is 10.2. The minimum atomic E-state index is -0.148. The van der Waals surface area contributed by atoms with Crippen molar-refractivity contribution in [3.05, 3.63) is 79.7 Å². The first kappa shape index (κ1) is 21.7. The summed E-state index contributed by atoms with van der Waals surface area (Å²) in [7, 11) is 1.55. The summed E-state index contributed by atoms with van der Waals surface area (Å²) in [6, 6.07) is 14.2. The summed E-state index contributed by atoms with van der Waals surface area (Å²) in [6.45, 7) is 0.737. The fourth-order valence-electron chi connectivity index (χ4n) is 2.67. The van der Waals surface area contributed by atoms with Crippen LogP contribution in [-0.4, -0.2) is 12.2 Å². The van der Waals surface area contributed by atoms with Gasteiger partial charge in [-0.3, -0.25) is 0 Å². The lowest BCUT2D eigenvalue weighted by molar-refractivity contribution is 0.284. The van der Waals surface area contributed by atoms with E-state index >= 15 is 0 Å². The van der Waals surface area contributed by atoms with Gasteiger partial charge in [0.1, 0.15) is 6.61 Å². The van der Waals surface area contributed by atoms with E-state index in [0.717, 1.165) is 11.1 Å². The minimum absolute atomic E-state index is 0.148. The van der Waals surface area contributed by atoms with Gasteiger partial charge in [0.2, 0.25) is 0 Å². The quantitative estimate of drug-likeness (QED) is 0.357. The smallest absolute Gasteiger partial charge is 0.180 e. The molecule has 4 nitrogen and oxygen atoms in total. The molecule has 3 rings (SSSR count). The van der Waals surface area contributed by atoms with Crippen molar-refractivity contribution in [2.75, 3.05) is 12.4 Å². The van der Waals surface area contributed by atoms with Crippen molar-refractivity contribution in [2.45, 2.75) is 13.2 Å². The zero-order valence-electron chi connectivity index (χ0n) is 15.3. The molecule has 29 heavy (non-hydrogen) atoms. The zero-order chi connectivity index (χ0) is 21.0. The molecule has 0 aliphatic heterocycles. The van der Waals surface area contributed by atoms with Crippen LogP contribution in [0, 0.1) is 0 Å². The van der Waals surface area contributed by atoms with Crippen molar-refractivity contribution in [2.24, 2.45) is 0 Å². The van der Waals surface area contributed by atoms with Crippen molar-refractivity contribution in [3.8, 4) is 17.2 Å². The molecule has 0 radical (unpaired) electrons. The van der Waals surface area contributed by atoms with Crippen LogP contribution in [0.25, 0.3) is 0 Å². The first-order chi connectivity index (χ1) is 13.9. The number of nitrogens with one attached hydrogen (secondary N) is 1. The van der Waals surface area contributed by atoms with Crippen molar-refractivity contribution >= 4 is 52.1 Å². The maximum atomic E-state index is 9.65. The summed E-state index contributed by atoms with van der Waals surface area (Å²) < 4.78 is 11.3. The van der Waals surface area contributed by atoms with Crippen molar-refractivity contribution in [1.29, 1.82) is 0 Å². The second-order valence-electron chi connectivity index (χ2n) is 6.17. The molecular formula is C21H17Cl4NO3. The largest absolute Gasteiger partial charge is 0.505 e. The Morgan fingerprint density at radius 2 is 1.62 bits per heavy atom. The van der Waals surface area contributed by atoms with Crippen molar-refractivity contribution in [1.82, 2.24) is 0 Å². The number of halogens is 4. The van der Waals surface area contributed by atoms with E-state index in [4.69, 9.17) is 55.9 Å². The lowest BCUT2D eigenvalue weighted by Gasteiger charge is -2.15. The normalized spacial score (nSPS) is 10.7. The molecule has 3 aromatic rings.